The molecule has 0 amide bonds. The first-order valence-corrected chi connectivity index (χ1v) is 8.27. The molecule has 0 saturated heterocycles. The molecule has 0 aromatic heterocycles. The van der Waals surface area contributed by atoms with E-state index in [1.165, 1.54) is 12.1 Å². The van der Waals surface area contributed by atoms with Crippen molar-refractivity contribution < 1.29 is 16.8 Å². The lowest BCUT2D eigenvalue weighted by Crippen LogP contribution is -2.35. The molecule has 0 aliphatic carbocycles. The van der Waals surface area contributed by atoms with Gasteiger partial charge in [0.15, 0.2) is 0 Å². The fraction of sp³-hybridized carbons (Fsp3) is 0.250. The lowest BCUT2D eigenvalue weighted by Gasteiger charge is -2.20. The Balaban J connectivity index is 3.54. The fourth-order valence-electron chi connectivity index (χ4n) is 1.22. The maximum Gasteiger partial charge on any atom is 0.245 e. The molecule has 8 heteroatoms. The fourth-order valence-corrected chi connectivity index (χ4v) is 4.62. The SMILES string of the molecule is CS(=O)(=O)N(c1ccccc1S)S(C)(=O)=O. The Morgan fingerprint density at radius 1 is 1.00 bits per heavy atom. The molecule has 0 atom stereocenters. The summed E-state index contributed by atoms with van der Waals surface area (Å²) in [6.07, 6.45) is 1.66. The van der Waals surface area contributed by atoms with Gasteiger partial charge in [0.05, 0.1) is 18.2 Å². The number of rotatable bonds is 3. The van der Waals surface area contributed by atoms with E-state index in [1.54, 1.807) is 12.1 Å². The summed E-state index contributed by atoms with van der Waals surface area (Å²) in [7, 11) is -7.80. The highest BCUT2D eigenvalue weighted by Gasteiger charge is 2.28. The molecule has 0 N–H and O–H groups in total. The van der Waals surface area contributed by atoms with Gasteiger partial charge in [0.2, 0.25) is 20.0 Å². The third kappa shape index (κ3) is 2.89. The zero-order chi connectivity index (χ0) is 12.6. The van der Waals surface area contributed by atoms with E-state index < -0.39 is 20.0 Å². The van der Waals surface area contributed by atoms with Crippen LogP contribution in [-0.4, -0.2) is 29.3 Å². The van der Waals surface area contributed by atoms with Crippen molar-refractivity contribution >= 4 is 38.4 Å². The van der Waals surface area contributed by atoms with Gasteiger partial charge in [-0.3, -0.25) is 0 Å². The summed E-state index contributed by atoms with van der Waals surface area (Å²) in [6, 6.07) is 6.07. The van der Waals surface area contributed by atoms with Gasteiger partial charge in [-0.15, -0.1) is 12.6 Å². The van der Waals surface area contributed by atoms with Gasteiger partial charge < -0.3 is 0 Å². The minimum Gasteiger partial charge on any atom is -0.206 e. The largest absolute Gasteiger partial charge is 0.245 e. The Bertz CT molecular complexity index is 559. The molecule has 0 saturated carbocycles. The molecular weight excluding hydrogens is 270 g/mol. The maximum atomic E-state index is 11.4. The summed E-state index contributed by atoms with van der Waals surface area (Å²) in [5.74, 6) is 0. The molecule has 0 aliphatic heterocycles. The van der Waals surface area contributed by atoms with Crippen LogP contribution >= 0.6 is 12.6 Å². The van der Waals surface area contributed by atoms with E-state index in [9.17, 15) is 16.8 Å². The van der Waals surface area contributed by atoms with Crippen LogP contribution in [0.15, 0.2) is 29.2 Å². The number of hydrogen-bond donors (Lipinski definition) is 1. The van der Waals surface area contributed by atoms with Gasteiger partial charge in [-0.2, -0.15) is 3.71 Å². The molecule has 0 bridgehead atoms. The molecule has 0 unspecified atom stereocenters. The lowest BCUT2D eigenvalue weighted by molar-refractivity contribution is 0.590. The molecule has 5 nitrogen and oxygen atoms in total. The highest BCUT2D eigenvalue weighted by atomic mass is 32.3. The molecule has 16 heavy (non-hydrogen) atoms. The predicted octanol–water partition coefficient (Wildman–Crippen LogP) is 0.701. The Labute approximate surface area is 101 Å². The third-order valence-corrected chi connectivity index (χ3v) is 5.28. The van der Waals surface area contributed by atoms with Gasteiger partial charge in [0, 0.05) is 4.90 Å². The van der Waals surface area contributed by atoms with E-state index in [-0.39, 0.29) is 10.6 Å². The smallest absolute Gasteiger partial charge is 0.206 e. The molecule has 0 radical (unpaired) electrons. The molecule has 0 heterocycles. The molecule has 1 aromatic carbocycles. The van der Waals surface area contributed by atoms with Gasteiger partial charge in [0.25, 0.3) is 0 Å². The van der Waals surface area contributed by atoms with E-state index in [4.69, 9.17) is 0 Å². The molecule has 0 spiro atoms. The summed E-state index contributed by atoms with van der Waals surface area (Å²) < 4.78 is 46.1. The van der Waals surface area contributed by atoms with E-state index >= 15 is 0 Å². The summed E-state index contributed by atoms with van der Waals surface area (Å²) in [6.45, 7) is 0. The lowest BCUT2D eigenvalue weighted by atomic mass is 10.3. The predicted molar refractivity (Wildman–Crippen MR) is 65.9 cm³/mol. The van der Waals surface area contributed by atoms with Gasteiger partial charge in [-0.05, 0) is 12.1 Å². The normalized spacial score (nSPS) is 12.4. The van der Waals surface area contributed by atoms with Crippen molar-refractivity contribution in [3.63, 3.8) is 0 Å². The quantitative estimate of drug-likeness (QED) is 0.828. The van der Waals surface area contributed by atoms with Crippen LogP contribution in [0.5, 0.6) is 0 Å². The summed E-state index contributed by atoms with van der Waals surface area (Å²) in [5, 5.41) is 0. The van der Waals surface area contributed by atoms with Crippen LogP contribution in [0, 0.1) is 0 Å². The summed E-state index contributed by atoms with van der Waals surface area (Å²) in [5.41, 5.74) is 0.0239. The minimum atomic E-state index is -3.90. The molecule has 0 aliphatic rings. The average molecular weight is 281 g/mol. The number of benzene rings is 1. The monoisotopic (exact) mass is 281 g/mol. The van der Waals surface area contributed by atoms with Crippen molar-refractivity contribution in [1.29, 1.82) is 0 Å². The van der Waals surface area contributed by atoms with E-state index in [0.717, 1.165) is 12.5 Å². The third-order valence-electron chi connectivity index (χ3n) is 1.68. The highest BCUT2D eigenvalue weighted by Crippen LogP contribution is 2.27. The first-order valence-electron chi connectivity index (χ1n) is 4.12. The van der Waals surface area contributed by atoms with Crippen LogP contribution in [-0.2, 0) is 20.0 Å². The number of thiol groups is 1. The van der Waals surface area contributed by atoms with Crippen LogP contribution < -0.4 is 3.71 Å². The van der Waals surface area contributed by atoms with Crippen molar-refractivity contribution in [2.45, 2.75) is 4.90 Å². The van der Waals surface area contributed by atoms with Crippen LogP contribution in [0.25, 0.3) is 0 Å². The first kappa shape index (κ1) is 13.3. The second-order valence-electron chi connectivity index (χ2n) is 3.21. The van der Waals surface area contributed by atoms with Crippen molar-refractivity contribution in [3.05, 3.63) is 24.3 Å². The van der Waals surface area contributed by atoms with E-state index in [0.29, 0.717) is 3.71 Å². The Morgan fingerprint density at radius 3 is 1.81 bits per heavy atom. The topological polar surface area (TPSA) is 71.5 Å². The first-order chi connectivity index (χ1) is 7.14. The zero-order valence-corrected chi connectivity index (χ0v) is 11.2. The molecule has 1 aromatic rings. The van der Waals surface area contributed by atoms with Gasteiger partial charge in [-0.25, -0.2) is 16.8 Å². The van der Waals surface area contributed by atoms with E-state index in [2.05, 4.69) is 12.6 Å². The maximum absolute atomic E-state index is 11.4. The Hall–Kier alpha value is -0.730. The molecular formula is C8H11NO4S3. The van der Waals surface area contributed by atoms with Gasteiger partial charge >= 0.3 is 0 Å². The van der Waals surface area contributed by atoms with Gasteiger partial charge in [0.1, 0.15) is 0 Å². The van der Waals surface area contributed by atoms with E-state index in [1.807, 2.05) is 0 Å². The number of sulfonamides is 2. The van der Waals surface area contributed by atoms with Crippen LogP contribution in [0.4, 0.5) is 5.69 Å². The standard InChI is InChI=1S/C8H11NO4S3/c1-15(10,11)9(16(2,12)13)7-5-3-4-6-8(7)14/h3-6,14H,1-2H3. The number of para-hydroxylation sites is 1. The molecule has 0 fully saturated rings. The minimum absolute atomic E-state index is 0.0239. The van der Waals surface area contributed by atoms with Crippen LogP contribution in [0.1, 0.15) is 0 Å². The van der Waals surface area contributed by atoms with Gasteiger partial charge in [-0.1, -0.05) is 12.1 Å². The summed E-state index contributed by atoms with van der Waals surface area (Å²) in [4.78, 5) is 0.276. The van der Waals surface area contributed by atoms with Crippen molar-refractivity contribution in [2.24, 2.45) is 0 Å². The molecule has 90 valence electrons. The number of anilines is 1. The molecule has 1 rings (SSSR count). The van der Waals surface area contributed by atoms with Crippen molar-refractivity contribution in [3.8, 4) is 0 Å². The number of nitrogens with zero attached hydrogens (tertiary/aromatic N) is 1. The Morgan fingerprint density at radius 2 is 1.44 bits per heavy atom. The summed E-state index contributed by atoms with van der Waals surface area (Å²) >= 11 is 4.03. The second kappa shape index (κ2) is 4.27. The van der Waals surface area contributed by atoms with Crippen LogP contribution in [0.3, 0.4) is 0 Å². The second-order valence-corrected chi connectivity index (χ2v) is 7.59. The highest BCUT2D eigenvalue weighted by molar-refractivity contribution is 8.09. The van der Waals surface area contributed by atoms with Crippen LogP contribution in [0.2, 0.25) is 0 Å². The average Bonchev–Trinajstić information content (AvgIpc) is 2.03. The zero-order valence-electron chi connectivity index (χ0n) is 8.65. The Kier molecular flexibility index (Phi) is 3.56. The van der Waals surface area contributed by atoms with Crippen molar-refractivity contribution in [1.82, 2.24) is 0 Å². The number of hydrogen-bond acceptors (Lipinski definition) is 5. The van der Waals surface area contributed by atoms with Crippen molar-refractivity contribution in [2.75, 3.05) is 16.2 Å².